The van der Waals surface area contributed by atoms with Gasteiger partial charge in [-0.1, -0.05) is 59.7 Å². The Hall–Kier alpha value is -3.86. The third-order valence-electron chi connectivity index (χ3n) is 6.23. The monoisotopic (exact) mass is 453 g/mol. The van der Waals surface area contributed by atoms with Crippen molar-refractivity contribution in [1.82, 2.24) is 4.90 Å². The molecule has 4 rings (SSSR count). The van der Waals surface area contributed by atoms with Crippen molar-refractivity contribution in [3.63, 3.8) is 0 Å². The van der Waals surface area contributed by atoms with Crippen LogP contribution in [-0.2, 0) is 16.1 Å². The lowest BCUT2D eigenvalue weighted by atomic mass is 10.0. The summed E-state index contributed by atoms with van der Waals surface area (Å²) in [5, 5.41) is 3.26. The maximum Gasteiger partial charge on any atom is 0.278 e. The molecular formula is C29H31N3O2. The van der Waals surface area contributed by atoms with E-state index in [9.17, 15) is 9.59 Å². The predicted octanol–water partition coefficient (Wildman–Crippen LogP) is 5.54. The van der Waals surface area contributed by atoms with Crippen LogP contribution in [0.25, 0.3) is 5.57 Å². The summed E-state index contributed by atoms with van der Waals surface area (Å²) in [6.07, 6.45) is 0. The van der Waals surface area contributed by atoms with E-state index in [1.807, 2.05) is 86.6 Å². The fraction of sp³-hybridized carbons (Fsp3) is 0.241. The third kappa shape index (κ3) is 4.74. The van der Waals surface area contributed by atoms with Crippen LogP contribution in [0.1, 0.15) is 36.1 Å². The van der Waals surface area contributed by atoms with Gasteiger partial charge in [-0.3, -0.25) is 14.5 Å². The minimum atomic E-state index is -0.311. The zero-order valence-corrected chi connectivity index (χ0v) is 20.3. The molecule has 174 valence electrons. The molecule has 0 atom stereocenters. The molecule has 0 aliphatic carbocycles. The number of amides is 2. The first-order valence-corrected chi connectivity index (χ1v) is 11.8. The molecule has 34 heavy (non-hydrogen) atoms. The van der Waals surface area contributed by atoms with Crippen molar-refractivity contribution in [2.75, 3.05) is 23.3 Å². The van der Waals surface area contributed by atoms with Crippen LogP contribution in [0.15, 0.2) is 78.5 Å². The molecule has 1 aliphatic heterocycles. The molecule has 1 N–H and O–H groups in total. The number of carbonyl (C=O) groups excluding carboxylic acids is 2. The van der Waals surface area contributed by atoms with Gasteiger partial charge in [-0.05, 0) is 63.1 Å². The molecule has 0 aromatic heterocycles. The Labute approximate surface area is 201 Å². The standard InChI is InChI=1S/C29H31N3O2/c1-5-31(6-2)25-17-15-24(16-18-25)30-27-26(23-13-9-21(4)10-14-23)28(33)32(29(27)34)19-22-11-7-20(3)8-12-22/h7-18,30H,5-6,19H2,1-4H3. The van der Waals surface area contributed by atoms with Crippen molar-refractivity contribution in [3.8, 4) is 0 Å². The Balaban J connectivity index is 1.68. The van der Waals surface area contributed by atoms with Gasteiger partial charge in [0.1, 0.15) is 5.70 Å². The minimum absolute atomic E-state index is 0.236. The van der Waals surface area contributed by atoms with Gasteiger partial charge in [-0.25, -0.2) is 0 Å². The Kier molecular flexibility index (Phi) is 6.82. The van der Waals surface area contributed by atoms with Crippen molar-refractivity contribution >= 4 is 28.8 Å². The number of aryl methyl sites for hydroxylation is 2. The molecule has 5 nitrogen and oxygen atoms in total. The summed E-state index contributed by atoms with van der Waals surface area (Å²) < 4.78 is 0. The highest BCUT2D eigenvalue weighted by atomic mass is 16.2. The topological polar surface area (TPSA) is 52.7 Å². The van der Waals surface area contributed by atoms with Crippen molar-refractivity contribution in [2.45, 2.75) is 34.2 Å². The maximum absolute atomic E-state index is 13.5. The molecule has 3 aromatic rings. The van der Waals surface area contributed by atoms with Gasteiger partial charge in [-0.2, -0.15) is 0 Å². The Morgan fingerprint density at radius 2 is 1.29 bits per heavy atom. The third-order valence-corrected chi connectivity index (χ3v) is 6.23. The summed E-state index contributed by atoms with van der Waals surface area (Å²) >= 11 is 0. The van der Waals surface area contributed by atoms with Gasteiger partial charge in [0.05, 0.1) is 12.1 Å². The van der Waals surface area contributed by atoms with E-state index in [0.29, 0.717) is 11.3 Å². The molecular weight excluding hydrogens is 422 g/mol. The number of benzene rings is 3. The Bertz CT molecular complexity index is 1210. The second kappa shape index (κ2) is 9.96. The normalized spacial score (nSPS) is 13.6. The summed E-state index contributed by atoms with van der Waals surface area (Å²) in [7, 11) is 0. The molecule has 0 saturated heterocycles. The molecule has 1 aliphatic rings. The molecule has 3 aromatic carbocycles. The Morgan fingerprint density at radius 3 is 1.85 bits per heavy atom. The molecule has 0 unspecified atom stereocenters. The minimum Gasteiger partial charge on any atom is -0.372 e. The first kappa shape index (κ1) is 23.3. The van der Waals surface area contributed by atoms with Crippen LogP contribution in [0.5, 0.6) is 0 Å². The molecule has 0 bridgehead atoms. The first-order valence-electron chi connectivity index (χ1n) is 11.8. The van der Waals surface area contributed by atoms with Gasteiger partial charge >= 0.3 is 0 Å². The lowest BCUT2D eigenvalue weighted by Crippen LogP contribution is -2.32. The number of imide groups is 1. The highest BCUT2D eigenvalue weighted by molar-refractivity contribution is 6.36. The number of hydrogen-bond acceptors (Lipinski definition) is 4. The van der Waals surface area contributed by atoms with Crippen LogP contribution in [0, 0.1) is 13.8 Å². The summed E-state index contributed by atoms with van der Waals surface area (Å²) in [4.78, 5) is 30.6. The quantitative estimate of drug-likeness (QED) is 0.455. The smallest absolute Gasteiger partial charge is 0.278 e. The average molecular weight is 454 g/mol. The molecule has 2 amide bonds. The summed E-state index contributed by atoms with van der Waals surface area (Å²) in [5.41, 5.74) is 6.50. The largest absolute Gasteiger partial charge is 0.372 e. The summed E-state index contributed by atoms with van der Waals surface area (Å²) in [6, 6.07) is 23.6. The van der Waals surface area contributed by atoms with E-state index in [4.69, 9.17) is 0 Å². The van der Waals surface area contributed by atoms with Crippen molar-refractivity contribution in [2.24, 2.45) is 0 Å². The van der Waals surface area contributed by atoms with Crippen LogP contribution in [-0.4, -0.2) is 29.8 Å². The van der Waals surface area contributed by atoms with Crippen LogP contribution < -0.4 is 10.2 Å². The van der Waals surface area contributed by atoms with Crippen LogP contribution >= 0.6 is 0 Å². The number of nitrogens with one attached hydrogen (secondary N) is 1. The molecule has 0 radical (unpaired) electrons. The fourth-order valence-electron chi connectivity index (χ4n) is 4.19. The van der Waals surface area contributed by atoms with E-state index in [2.05, 4.69) is 24.1 Å². The van der Waals surface area contributed by atoms with E-state index in [1.165, 1.54) is 4.90 Å². The van der Waals surface area contributed by atoms with Crippen molar-refractivity contribution < 1.29 is 9.59 Å². The van der Waals surface area contributed by atoms with Crippen LogP contribution in [0.4, 0.5) is 11.4 Å². The number of nitrogens with zero attached hydrogens (tertiary/aromatic N) is 2. The van der Waals surface area contributed by atoms with Gasteiger partial charge < -0.3 is 10.2 Å². The van der Waals surface area contributed by atoms with E-state index in [0.717, 1.165) is 46.7 Å². The Morgan fingerprint density at radius 1 is 0.735 bits per heavy atom. The zero-order chi connectivity index (χ0) is 24.2. The fourth-order valence-corrected chi connectivity index (χ4v) is 4.19. The van der Waals surface area contributed by atoms with E-state index < -0.39 is 0 Å². The highest BCUT2D eigenvalue weighted by Crippen LogP contribution is 2.32. The molecule has 0 saturated carbocycles. The first-order chi connectivity index (χ1) is 16.4. The van der Waals surface area contributed by atoms with Gasteiger partial charge in [0.25, 0.3) is 11.8 Å². The van der Waals surface area contributed by atoms with Gasteiger partial charge in [0.2, 0.25) is 0 Å². The van der Waals surface area contributed by atoms with Gasteiger partial charge in [0, 0.05) is 24.5 Å². The summed E-state index contributed by atoms with van der Waals surface area (Å²) in [5.74, 6) is -0.592. The second-order valence-electron chi connectivity index (χ2n) is 8.64. The van der Waals surface area contributed by atoms with Crippen LogP contribution in [0.2, 0.25) is 0 Å². The second-order valence-corrected chi connectivity index (χ2v) is 8.64. The van der Waals surface area contributed by atoms with Crippen molar-refractivity contribution in [1.29, 1.82) is 0 Å². The van der Waals surface area contributed by atoms with Gasteiger partial charge in [0.15, 0.2) is 0 Å². The predicted molar refractivity (Wildman–Crippen MR) is 138 cm³/mol. The number of rotatable bonds is 8. The zero-order valence-electron chi connectivity index (χ0n) is 20.3. The van der Waals surface area contributed by atoms with E-state index >= 15 is 0 Å². The van der Waals surface area contributed by atoms with E-state index in [1.54, 1.807) is 0 Å². The molecule has 0 spiro atoms. The maximum atomic E-state index is 13.5. The van der Waals surface area contributed by atoms with Gasteiger partial charge in [-0.15, -0.1) is 0 Å². The highest BCUT2D eigenvalue weighted by Gasteiger charge is 2.39. The molecule has 0 fully saturated rings. The van der Waals surface area contributed by atoms with Crippen LogP contribution in [0.3, 0.4) is 0 Å². The SMILES string of the molecule is CCN(CC)c1ccc(NC2=C(c3ccc(C)cc3)C(=O)N(Cc3ccc(C)cc3)C2=O)cc1. The van der Waals surface area contributed by atoms with Crippen molar-refractivity contribution in [3.05, 3.63) is 101 Å². The average Bonchev–Trinajstić information content (AvgIpc) is 3.07. The molecule has 5 heteroatoms. The number of hydrogen-bond donors (Lipinski definition) is 1. The summed E-state index contributed by atoms with van der Waals surface area (Å²) in [6.45, 7) is 10.3. The molecule has 1 heterocycles. The lowest BCUT2D eigenvalue weighted by molar-refractivity contribution is -0.137. The lowest BCUT2D eigenvalue weighted by Gasteiger charge is -2.21. The van der Waals surface area contributed by atoms with E-state index in [-0.39, 0.29) is 18.4 Å². The number of anilines is 2. The number of carbonyl (C=O) groups is 2.